The van der Waals surface area contributed by atoms with Gasteiger partial charge in [0.05, 0.1) is 12.2 Å². The molecular formula is C13H20N6S. The van der Waals surface area contributed by atoms with E-state index < -0.39 is 0 Å². The summed E-state index contributed by atoms with van der Waals surface area (Å²) in [5.74, 6) is 0.772. The summed E-state index contributed by atoms with van der Waals surface area (Å²) in [6, 6.07) is 5.90. The summed E-state index contributed by atoms with van der Waals surface area (Å²) < 4.78 is 1.83. The topological polar surface area (TPSA) is 68.5 Å². The van der Waals surface area contributed by atoms with Crippen LogP contribution < -0.4 is 5.32 Å². The van der Waals surface area contributed by atoms with E-state index in [1.807, 2.05) is 22.9 Å². The van der Waals surface area contributed by atoms with Crippen LogP contribution in [-0.4, -0.2) is 37.3 Å². The largest absolute Gasteiger partial charge is 0.310 e. The summed E-state index contributed by atoms with van der Waals surface area (Å²) in [6.45, 7) is 8.02. The highest BCUT2D eigenvalue weighted by Gasteiger charge is 2.10. The first-order chi connectivity index (χ1) is 9.54. The maximum absolute atomic E-state index is 4.29. The number of hydrogen-bond acceptors (Lipinski definition) is 6. The molecule has 2 aromatic heterocycles. The van der Waals surface area contributed by atoms with Crippen molar-refractivity contribution < 1.29 is 0 Å². The second kappa shape index (κ2) is 6.81. The molecule has 0 fully saturated rings. The first kappa shape index (κ1) is 14.9. The lowest BCUT2D eigenvalue weighted by Gasteiger charge is -2.20. The summed E-state index contributed by atoms with van der Waals surface area (Å²) >= 11 is 1.60. The SMILES string of the molecule is CC(C)(C)NCCn1nnnc1SCc1ccccn1. The highest BCUT2D eigenvalue weighted by molar-refractivity contribution is 7.98. The normalized spacial score (nSPS) is 11.8. The molecule has 2 aromatic rings. The lowest BCUT2D eigenvalue weighted by atomic mass is 10.1. The number of aromatic nitrogens is 5. The Morgan fingerprint density at radius 2 is 2.15 bits per heavy atom. The average molecular weight is 292 g/mol. The molecule has 0 saturated heterocycles. The summed E-state index contributed by atoms with van der Waals surface area (Å²) in [5, 5.41) is 16.1. The predicted octanol–water partition coefficient (Wildman–Crippen LogP) is 1.75. The molecule has 2 rings (SSSR count). The number of tetrazole rings is 1. The fourth-order valence-corrected chi connectivity index (χ4v) is 2.42. The molecule has 0 amide bonds. The van der Waals surface area contributed by atoms with E-state index in [4.69, 9.17) is 0 Å². The Bertz CT molecular complexity index is 519. The number of nitrogens with one attached hydrogen (secondary N) is 1. The molecule has 0 radical (unpaired) electrons. The van der Waals surface area contributed by atoms with Crippen molar-refractivity contribution in [2.45, 2.75) is 43.8 Å². The van der Waals surface area contributed by atoms with E-state index in [9.17, 15) is 0 Å². The molecule has 0 unspecified atom stereocenters. The van der Waals surface area contributed by atoms with Crippen molar-refractivity contribution in [2.24, 2.45) is 0 Å². The van der Waals surface area contributed by atoms with Crippen molar-refractivity contribution in [2.75, 3.05) is 6.54 Å². The van der Waals surface area contributed by atoms with Crippen LogP contribution in [0.15, 0.2) is 29.6 Å². The van der Waals surface area contributed by atoms with Gasteiger partial charge in [0.1, 0.15) is 0 Å². The van der Waals surface area contributed by atoms with Gasteiger partial charge in [0.2, 0.25) is 5.16 Å². The molecule has 0 spiro atoms. The lowest BCUT2D eigenvalue weighted by molar-refractivity contribution is 0.396. The molecular weight excluding hydrogens is 272 g/mol. The van der Waals surface area contributed by atoms with Gasteiger partial charge in [-0.25, -0.2) is 4.68 Å². The smallest absolute Gasteiger partial charge is 0.209 e. The third-order valence-electron chi connectivity index (χ3n) is 2.55. The van der Waals surface area contributed by atoms with E-state index in [0.29, 0.717) is 0 Å². The summed E-state index contributed by atoms with van der Waals surface area (Å²) in [4.78, 5) is 4.29. The van der Waals surface area contributed by atoms with Crippen molar-refractivity contribution in [1.82, 2.24) is 30.5 Å². The minimum absolute atomic E-state index is 0.106. The van der Waals surface area contributed by atoms with Crippen LogP contribution in [0.5, 0.6) is 0 Å². The van der Waals surface area contributed by atoms with Crippen LogP contribution in [0.2, 0.25) is 0 Å². The van der Waals surface area contributed by atoms with Gasteiger partial charge in [0, 0.05) is 24.0 Å². The summed E-state index contributed by atoms with van der Waals surface area (Å²) in [7, 11) is 0. The van der Waals surface area contributed by atoms with E-state index in [1.54, 1.807) is 18.0 Å². The van der Waals surface area contributed by atoms with Crippen LogP contribution in [-0.2, 0) is 12.3 Å². The molecule has 108 valence electrons. The predicted molar refractivity (Wildman–Crippen MR) is 79.4 cm³/mol. The number of hydrogen-bond donors (Lipinski definition) is 1. The molecule has 0 aliphatic carbocycles. The van der Waals surface area contributed by atoms with Gasteiger partial charge in [-0.3, -0.25) is 4.98 Å². The van der Waals surface area contributed by atoms with Crippen molar-refractivity contribution in [3.63, 3.8) is 0 Å². The molecule has 1 N–H and O–H groups in total. The molecule has 0 saturated carbocycles. The van der Waals surface area contributed by atoms with Gasteiger partial charge in [0.15, 0.2) is 0 Å². The Labute approximate surface area is 123 Å². The molecule has 20 heavy (non-hydrogen) atoms. The maximum atomic E-state index is 4.29. The van der Waals surface area contributed by atoms with Gasteiger partial charge < -0.3 is 5.32 Å². The lowest BCUT2D eigenvalue weighted by Crippen LogP contribution is -2.38. The Morgan fingerprint density at radius 1 is 1.30 bits per heavy atom. The summed E-state index contributed by atoms with van der Waals surface area (Å²) in [5.41, 5.74) is 1.13. The molecule has 0 bridgehead atoms. The van der Waals surface area contributed by atoms with E-state index in [1.165, 1.54) is 0 Å². The summed E-state index contributed by atoms with van der Waals surface area (Å²) in [6.07, 6.45) is 1.80. The highest BCUT2D eigenvalue weighted by Crippen LogP contribution is 2.18. The number of rotatable bonds is 6. The van der Waals surface area contributed by atoms with Crippen LogP contribution in [0.4, 0.5) is 0 Å². The number of nitrogens with zero attached hydrogens (tertiary/aromatic N) is 5. The highest BCUT2D eigenvalue weighted by atomic mass is 32.2. The van der Waals surface area contributed by atoms with Crippen LogP contribution in [0.1, 0.15) is 26.5 Å². The van der Waals surface area contributed by atoms with E-state index in [0.717, 1.165) is 29.7 Å². The third-order valence-corrected chi connectivity index (χ3v) is 3.54. The molecule has 2 heterocycles. The Morgan fingerprint density at radius 3 is 2.85 bits per heavy atom. The first-order valence-electron chi connectivity index (χ1n) is 6.58. The first-order valence-corrected chi connectivity index (χ1v) is 7.57. The van der Waals surface area contributed by atoms with E-state index >= 15 is 0 Å². The monoisotopic (exact) mass is 292 g/mol. The fraction of sp³-hybridized carbons (Fsp3) is 0.538. The average Bonchev–Trinajstić information content (AvgIpc) is 2.84. The maximum Gasteiger partial charge on any atom is 0.209 e. The molecule has 7 heteroatoms. The second-order valence-electron chi connectivity index (χ2n) is 5.47. The van der Waals surface area contributed by atoms with Gasteiger partial charge in [-0.2, -0.15) is 0 Å². The zero-order valence-electron chi connectivity index (χ0n) is 12.1. The fourth-order valence-electron chi connectivity index (χ4n) is 1.60. The van der Waals surface area contributed by atoms with Crippen molar-refractivity contribution >= 4 is 11.8 Å². The van der Waals surface area contributed by atoms with Crippen LogP contribution in [0.3, 0.4) is 0 Å². The van der Waals surface area contributed by atoms with Gasteiger partial charge in [-0.05, 0) is 43.3 Å². The van der Waals surface area contributed by atoms with E-state index in [-0.39, 0.29) is 5.54 Å². The van der Waals surface area contributed by atoms with Gasteiger partial charge in [-0.1, -0.05) is 17.8 Å². The van der Waals surface area contributed by atoms with Crippen LogP contribution >= 0.6 is 11.8 Å². The minimum atomic E-state index is 0.106. The Balaban J connectivity index is 1.85. The third kappa shape index (κ3) is 4.90. The van der Waals surface area contributed by atoms with Crippen LogP contribution in [0, 0.1) is 0 Å². The zero-order chi connectivity index (χ0) is 14.4. The minimum Gasteiger partial charge on any atom is -0.310 e. The number of pyridine rings is 1. The van der Waals surface area contributed by atoms with Crippen molar-refractivity contribution in [3.05, 3.63) is 30.1 Å². The zero-order valence-corrected chi connectivity index (χ0v) is 12.9. The van der Waals surface area contributed by atoms with Gasteiger partial charge in [0.25, 0.3) is 0 Å². The molecule has 0 aliphatic rings. The number of thioether (sulfide) groups is 1. The van der Waals surface area contributed by atoms with Gasteiger partial charge >= 0.3 is 0 Å². The molecule has 0 aromatic carbocycles. The van der Waals surface area contributed by atoms with Crippen LogP contribution in [0.25, 0.3) is 0 Å². The van der Waals surface area contributed by atoms with E-state index in [2.05, 4.69) is 46.6 Å². The Hall–Kier alpha value is -1.47. The van der Waals surface area contributed by atoms with Crippen molar-refractivity contribution in [1.29, 1.82) is 0 Å². The molecule has 0 atom stereocenters. The second-order valence-corrected chi connectivity index (χ2v) is 6.41. The quantitative estimate of drug-likeness (QED) is 0.818. The van der Waals surface area contributed by atoms with Crippen molar-refractivity contribution in [3.8, 4) is 0 Å². The Kier molecular flexibility index (Phi) is 5.08. The molecule has 6 nitrogen and oxygen atoms in total. The molecule has 0 aliphatic heterocycles. The standard InChI is InChI=1S/C13H20N6S/c1-13(2,3)15-8-9-19-12(16-17-18-19)20-10-11-6-4-5-7-14-11/h4-7,15H,8-10H2,1-3H3. The van der Waals surface area contributed by atoms with Gasteiger partial charge in [-0.15, -0.1) is 5.10 Å².